The van der Waals surface area contributed by atoms with Crippen molar-refractivity contribution in [2.24, 2.45) is 10.9 Å². The molecule has 0 aromatic carbocycles. The minimum atomic E-state index is -0.290. The van der Waals surface area contributed by atoms with Gasteiger partial charge in [-0.1, -0.05) is 19.8 Å². The zero-order valence-electron chi connectivity index (χ0n) is 14.6. The molecule has 0 radical (unpaired) electrons. The number of likely N-dealkylation sites (tertiary alicyclic amines) is 1. The van der Waals surface area contributed by atoms with Gasteiger partial charge in [0.15, 0.2) is 0 Å². The van der Waals surface area contributed by atoms with Gasteiger partial charge in [0.2, 0.25) is 5.91 Å². The summed E-state index contributed by atoms with van der Waals surface area (Å²) in [5, 5.41) is 0. The molecule has 0 bridgehead atoms. The lowest BCUT2D eigenvalue weighted by Crippen LogP contribution is -2.29. The third kappa shape index (κ3) is 5.33. The van der Waals surface area contributed by atoms with E-state index in [-0.39, 0.29) is 17.8 Å². The molecule has 1 aliphatic heterocycles. The number of carbonyl (C=O) groups excluding carboxylic acids is 2. The van der Waals surface area contributed by atoms with E-state index in [1.807, 2.05) is 4.90 Å². The van der Waals surface area contributed by atoms with Gasteiger partial charge in [-0.2, -0.15) is 0 Å². The van der Waals surface area contributed by atoms with Crippen molar-refractivity contribution < 1.29 is 14.3 Å². The van der Waals surface area contributed by atoms with Crippen molar-refractivity contribution in [3.63, 3.8) is 0 Å². The first-order valence-corrected chi connectivity index (χ1v) is 9.05. The molecule has 1 saturated heterocycles. The van der Waals surface area contributed by atoms with E-state index >= 15 is 0 Å². The number of carbonyl (C=O) groups is 2. The average molecular weight is 322 g/mol. The largest absolute Gasteiger partial charge is 0.469 e. The van der Waals surface area contributed by atoms with Crippen molar-refractivity contribution in [1.29, 1.82) is 0 Å². The van der Waals surface area contributed by atoms with E-state index < -0.39 is 0 Å². The number of amides is 1. The van der Waals surface area contributed by atoms with Crippen LogP contribution in [0, 0.1) is 5.92 Å². The van der Waals surface area contributed by atoms with Gasteiger partial charge in [0.1, 0.15) is 0 Å². The van der Waals surface area contributed by atoms with Crippen LogP contribution in [-0.2, 0) is 14.3 Å². The molecule has 2 aliphatic rings. The summed E-state index contributed by atoms with van der Waals surface area (Å²) in [6.07, 6.45) is 9.53. The van der Waals surface area contributed by atoms with Crippen molar-refractivity contribution in [3.05, 3.63) is 0 Å². The van der Waals surface area contributed by atoms with E-state index in [2.05, 4.69) is 6.92 Å². The molecule has 0 N–H and O–H groups in total. The Morgan fingerprint density at radius 2 is 2.04 bits per heavy atom. The molecule has 5 nitrogen and oxygen atoms in total. The van der Waals surface area contributed by atoms with Crippen molar-refractivity contribution in [1.82, 2.24) is 4.90 Å². The van der Waals surface area contributed by atoms with E-state index in [4.69, 9.17) is 9.73 Å². The summed E-state index contributed by atoms with van der Waals surface area (Å²) in [5.74, 6) is -0.490. The fourth-order valence-corrected chi connectivity index (χ4v) is 3.57. The van der Waals surface area contributed by atoms with Gasteiger partial charge >= 0.3 is 5.97 Å². The van der Waals surface area contributed by atoms with E-state index in [9.17, 15) is 9.59 Å². The van der Waals surface area contributed by atoms with Crippen LogP contribution in [0.3, 0.4) is 0 Å². The molecule has 23 heavy (non-hydrogen) atoms. The number of hydrogen-bond acceptors (Lipinski definition) is 4. The van der Waals surface area contributed by atoms with Crippen LogP contribution in [0.15, 0.2) is 4.99 Å². The summed E-state index contributed by atoms with van der Waals surface area (Å²) in [6.45, 7) is 3.39. The normalized spacial score (nSPS) is 23.0. The van der Waals surface area contributed by atoms with E-state index in [0.717, 1.165) is 32.1 Å². The minimum Gasteiger partial charge on any atom is -0.469 e. The second-order valence-corrected chi connectivity index (χ2v) is 6.75. The fourth-order valence-electron chi connectivity index (χ4n) is 3.57. The fraction of sp³-hybridized carbons (Fsp3) is 0.833. The van der Waals surface area contributed by atoms with Crippen molar-refractivity contribution in [2.75, 3.05) is 20.2 Å². The van der Waals surface area contributed by atoms with Gasteiger partial charge in [0.25, 0.3) is 0 Å². The van der Waals surface area contributed by atoms with Gasteiger partial charge in [0.05, 0.1) is 19.1 Å². The number of hydrogen-bond donors (Lipinski definition) is 0. The predicted molar refractivity (Wildman–Crippen MR) is 90.5 cm³/mol. The summed E-state index contributed by atoms with van der Waals surface area (Å²) < 4.78 is 4.76. The number of rotatable bonds is 7. The Labute approximate surface area is 139 Å². The molecule has 0 aromatic heterocycles. The molecule has 2 atom stereocenters. The Bertz CT molecular complexity index is 440. The van der Waals surface area contributed by atoms with Crippen LogP contribution in [0.25, 0.3) is 0 Å². The zero-order valence-corrected chi connectivity index (χ0v) is 14.6. The van der Waals surface area contributed by atoms with Crippen molar-refractivity contribution in [3.8, 4) is 0 Å². The van der Waals surface area contributed by atoms with Crippen LogP contribution in [-0.4, -0.2) is 48.7 Å². The van der Waals surface area contributed by atoms with E-state index in [1.54, 1.807) is 0 Å². The van der Waals surface area contributed by atoms with Crippen LogP contribution in [0.1, 0.15) is 64.7 Å². The smallest absolute Gasteiger partial charge is 0.310 e. The molecule has 1 saturated carbocycles. The predicted octanol–water partition coefficient (Wildman–Crippen LogP) is 2.97. The summed E-state index contributed by atoms with van der Waals surface area (Å²) in [7, 11) is 1.38. The molecular formula is C18H30N2O3. The second-order valence-electron chi connectivity index (χ2n) is 6.75. The van der Waals surface area contributed by atoms with Crippen molar-refractivity contribution in [2.45, 2.75) is 70.8 Å². The van der Waals surface area contributed by atoms with Crippen LogP contribution >= 0.6 is 0 Å². The van der Waals surface area contributed by atoms with Crippen LogP contribution < -0.4 is 0 Å². The number of aliphatic imine (C=N–C) groups is 1. The molecule has 1 amide bonds. The summed E-state index contributed by atoms with van der Waals surface area (Å²) in [6, 6.07) is 0.318. The number of methoxy groups -OCH3 is 1. The highest BCUT2D eigenvalue weighted by atomic mass is 16.5. The lowest BCUT2D eigenvalue weighted by Gasteiger charge is -2.21. The first kappa shape index (κ1) is 18.0. The number of ether oxygens (including phenoxy) is 1. The standard InChI is InChI=1S/C18H30N2O3/c1-3-7-15(19-16-8-5-4-6-9-16)10-11-20-13-14(12-17(20)21)18(22)23-2/h14-15H,3-13H2,1-2H3. The summed E-state index contributed by atoms with van der Waals surface area (Å²) in [4.78, 5) is 30.4. The van der Waals surface area contributed by atoms with E-state index in [0.29, 0.717) is 25.6 Å². The molecule has 0 spiro atoms. The minimum absolute atomic E-state index is 0.0703. The average Bonchev–Trinajstić information content (AvgIpc) is 2.94. The Kier molecular flexibility index (Phi) is 7.06. The lowest BCUT2D eigenvalue weighted by molar-refractivity contribution is -0.145. The molecule has 5 heteroatoms. The summed E-state index contributed by atoms with van der Waals surface area (Å²) >= 11 is 0. The van der Waals surface area contributed by atoms with Gasteiger partial charge in [-0.3, -0.25) is 14.6 Å². The lowest BCUT2D eigenvalue weighted by atomic mass is 9.97. The second kappa shape index (κ2) is 9.04. The maximum Gasteiger partial charge on any atom is 0.310 e. The van der Waals surface area contributed by atoms with Crippen LogP contribution in [0.5, 0.6) is 0 Å². The van der Waals surface area contributed by atoms with Gasteiger partial charge in [-0.15, -0.1) is 0 Å². The molecular weight excluding hydrogens is 292 g/mol. The Morgan fingerprint density at radius 3 is 2.70 bits per heavy atom. The highest BCUT2D eigenvalue weighted by molar-refractivity contribution is 5.87. The molecule has 2 fully saturated rings. The molecule has 1 heterocycles. The maximum absolute atomic E-state index is 12.0. The van der Waals surface area contributed by atoms with Gasteiger partial charge in [-0.25, -0.2) is 0 Å². The third-order valence-corrected chi connectivity index (χ3v) is 4.90. The van der Waals surface area contributed by atoms with E-state index in [1.165, 1.54) is 32.1 Å². The third-order valence-electron chi connectivity index (χ3n) is 4.90. The Morgan fingerprint density at radius 1 is 1.30 bits per heavy atom. The molecule has 1 aliphatic carbocycles. The first-order valence-electron chi connectivity index (χ1n) is 9.05. The Hall–Kier alpha value is -1.39. The van der Waals surface area contributed by atoms with Crippen LogP contribution in [0.4, 0.5) is 0 Å². The highest BCUT2D eigenvalue weighted by Crippen LogP contribution is 2.21. The van der Waals surface area contributed by atoms with Gasteiger partial charge in [-0.05, 0) is 38.5 Å². The topological polar surface area (TPSA) is 59.0 Å². The van der Waals surface area contributed by atoms with Gasteiger partial charge < -0.3 is 9.64 Å². The highest BCUT2D eigenvalue weighted by Gasteiger charge is 2.34. The molecule has 0 aromatic rings. The molecule has 2 rings (SSSR count). The molecule has 130 valence electrons. The monoisotopic (exact) mass is 322 g/mol. The Balaban J connectivity index is 1.86. The van der Waals surface area contributed by atoms with Crippen molar-refractivity contribution >= 4 is 17.6 Å². The zero-order chi connectivity index (χ0) is 16.7. The first-order chi connectivity index (χ1) is 11.1. The van der Waals surface area contributed by atoms with Gasteiger partial charge in [0, 0.05) is 25.2 Å². The number of nitrogens with zero attached hydrogens (tertiary/aromatic N) is 2. The maximum atomic E-state index is 12.0. The summed E-state index contributed by atoms with van der Waals surface area (Å²) in [5.41, 5.74) is 1.37. The number of esters is 1. The van der Waals surface area contributed by atoms with Crippen LogP contribution in [0.2, 0.25) is 0 Å². The quantitative estimate of drug-likeness (QED) is 0.677. The SMILES string of the molecule is CCCC(CCN1CC(C(=O)OC)CC1=O)N=C1CCCCC1. The molecule has 2 unspecified atom stereocenters.